The van der Waals surface area contributed by atoms with Crippen molar-refractivity contribution in [3.63, 3.8) is 0 Å². The van der Waals surface area contributed by atoms with Gasteiger partial charge in [-0.1, -0.05) is 89.6 Å². The van der Waals surface area contributed by atoms with Crippen LogP contribution in [0.3, 0.4) is 0 Å². The summed E-state index contributed by atoms with van der Waals surface area (Å²) in [5.41, 5.74) is 2.67. The van der Waals surface area contributed by atoms with Crippen LogP contribution in [0.2, 0.25) is 0 Å². The zero-order valence-electron chi connectivity index (χ0n) is 22.5. The van der Waals surface area contributed by atoms with E-state index in [0.29, 0.717) is 16.1 Å². The van der Waals surface area contributed by atoms with E-state index in [0.717, 1.165) is 36.5 Å². The number of carbonyl (C=O) groups is 1. The van der Waals surface area contributed by atoms with Gasteiger partial charge in [0.15, 0.2) is 0 Å². The van der Waals surface area contributed by atoms with E-state index >= 15 is 0 Å². The van der Waals surface area contributed by atoms with Crippen molar-refractivity contribution < 1.29 is 4.79 Å². The molecule has 194 valence electrons. The van der Waals surface area contributed by atoms with Crippen LogP contribution in [-0.4, -0.2) is 15.7 Å². The number of allylic oxidation sites excluding steroid dienone is 2. The summed E-state index contributed by atoms with van der Waals surface area (Å²) in [6, 6.07) is 0. The Morgan fingerprint density at radius 1 is 1.03 bits per heavy atom. The van der Waals surface area contributed by atoms with Gasteiger partial charge >= 0.3 is 0 Å². The number of halogens is 1. The van der Waals surface area contributed by atoms with Gasteiger partial charge in [0.25, 0.3) is 0 Å². The summed E-state index contributed by atoms with van der Waals surface area (Å²) >= 11 is 7.80. The average Bonchev–Trinajstić information content (AvgIpc) is 3.17. The van der Waals surface area contributed by atoms with Crippen molar-refractivity contribution in [3.8, 4) is 0 Å². The van der Waals surface area contributed by atoms with Crippen molar-refractivity contribution >= 4 is 28.5 Å². The molecule has 3 saturated carbocycles. The Morgan fingerprint density at radius 3 is 2.56 bits per heavy atom. The molecule has 0 bridgehead atoms. The Hall–Kier alpha value is 0.0500. The highest BCUT2D eigenvalue weighted by atomic mass is 35.5. The Morgan fingerprint density at radius 2 is 1.79 bits per heavy atom. The van der Waals surface area contributed by atoms with Gasteiger partial charge in [0.05, 0.1) is 0 Å². The second-order valence-corrected chi connectivity index (χ2v) is 14.6. The number of carbonyl (C=O) groups excluding carboxylic acids is 1. The van der Waals surface area contributed by atoms with Crippen LogP contribution in [-0.2, 0) is 4.79 Å². The van der Waals surface area contributed by atoms with Crippen molar-refractivity contribution in [1.29, 1.82) is 0 Å². The van der Waals surface area contributed by atoms with Gasteiger partial charge in [0.1, 0.15) is 5.38 Å². The molecule has 0 amide bonds. The van der Waals surface area contributed by atoms with Crippen LogP contribution >= 0.6 is 23.4 Å². The Balaban J connectivity index is 1.37. The molecular weight excluding hydrogens is 456 g/mol. The first-order valence-electron chi connectivity index (χ1n) is 14.9. The molecule has 8 atom stereocenters. The number of hydrogen-bond donors (Lipinski definition) is 0. The Kier molecular flexibility index (Phi) is 9.26. The number of hydrogen-bond acceptors (Lipinski definition) is 2. The molecule has 4 rings (SSSR count). The molecule has 0 aromatic carbocycles. The lowest BCUT2D eigenvalue weighted by molar-refractivity contribution is -0.110. The molecule has 4 aliphatic rings. The number of unbranched alkanes of at least 4 members (excludes halogenated alkanes) is 5. The lowest BCUT2D eigenvalue weighted by Gasteiger charge is -2.58. The minimum atomic E-state index is -0.314. The highest BCUT2D eigenvalue weighted by Crippen LogP contribution is 2.67. The van der Waals surface area contributed by atoms with Gasteiger partial charge in [0.2, 0.25) is 5.12 Å². The minimum absolute atomic E-state index is 0.197. The van der Waals surface area contributed by atoms with E-state index in [1.807, 2.05) is 6.92 Å². The quantitative estimate of drug-likeness (QED) is 0.166. The fourth-order valence-corrected chi connectivity index (χ4v) is 10.2. The van der Waals surface area contributed by atoms with Crippen LogP contribution in [0, 0.1) is 34.5 Å². The van der Waals surface area contributed by atoms with E-state index in [1.165, 1.54) is 89.9 Å². The van der Waals surface area contributed by atoms with Crippen LogP contribution in [0.4, 0.5) is 0 Å². The van der Waals surface area contributed by atoms with Crippen molar-refractivity contribution in [2.45, 2.75) is 141 Å². The Labute approximate surface area is 220 Å². The predicted molar refractivity (Wildman–Crippen MR) is 150 cm³/mol. The monoisotopic (exact) mass is 506 g/mol. The van der Waals surface area contributed by atoms with Crippen LogP contribution < -0.4 is 0 Å². The molecule has 0 aliphatic heterocycles. The summed E-state index contributed by atoms with van der Waals surface area (Å²) in [5, 5.41) is 0.326. The molecule has 0 radical (unpaired) electrons. The molecule has 0 N–H and O–H groups in total. The van der Waals surface area contributed by atoms with Gasteiger partial charge in [0, 0.05) is 5.25 Å². The van der Waals surface area contributed by atoms with E-state index in [-0.39, 0.29) is 10.5 Å². The van der Waals surface area contributed by atoms with Gasteiger partial charge in [-0.25, -0.2) is 0 Å². The molecule has 34 heavy (non-hydrogen) atoms. The topological polar surface area (TPSA) is 17.1 Å². The third-order valence-corrected chi connectivity index (χ3v) is 12.9. The van der Waals surface area contributed by atoms with Crippen molar-refractivity contribution in [3.05, 3.63) is 11.6 Å². The molecule has 0 unspecified atom stereocenters. The SMILES string of the molecule is CCCCCCCC[C@@H]1CC[C@@H]2[C@@H]3CC=C4C[C@@H](SC(=O)[C@@H](Cl)CC)CC[C@]4(C)[C@@H]3CC[C@]12C. The second-order valence-electron chi connectivity index (χ2n) is 12.8. The number of thioether (sulfide) groups is 1. The summed E-state index contributed by atoms with van der Waals surface area (Å²) in [6.45, 7) is 9.62. The third-order valence-electron chi connectivity index (χ3n) is 11.1. The van der Waals surface area contributed by atoms with Crippen molar-refractivity contribution in [1.82, 2.24) is 0 Å². The standard InChI is InChI=1S/C31H51ClOS/c1-5-7-8-9-10-11-12-22-14-16-26-25-15-13-23-21-24(34-29(33)28(32)6-2)17-19-31(23,4)27(25)18-20-30(22,26)3/h13,22,24-28H,5-12,14-21H2,1-4H3/t22-,24+,25+,26-,27-,28+,30-,31+/m1/s1. The highest BCUT2D eigenvalue weighted by molar-refractivity contribution is 8.14. The van der Waals surface area contributed by atoms with Crippen molar-refractivity contribution in [2.75, 3.05) is 0 Å². The first-order valence-corrected chi connectivity index (χ1v) is 16.2. The third kappa shape index (κ3) is 5.34. The van der Waals surface area contributed by atoms with Crippen LogP contribution in [0.5, 0.6) is 0 Å². The van der Waals surface area contributed by atoms with Gasteiger partial charge in [-0.05, 0) is 98.7 Å². The van der Waals surface area contributed by atoms with E-state index in [2.05, 4.69) is 26.8 Å². The van der Waals surface area contributed by atoms with Crippen LogP contribution in [0.15, 0.2) is 11.6 Å². The maximum atomic E-state index is 12.5. The highest BCUT2D eigenvalue weighted by Gasteiger charge is 2.58. The van der Waals surface area contributed by atoms with Gasteiger partial charge in [-0.2, -0.15) is 0 Å². The normalized spacial score (nSPS) is 40.1. The summed E-state index contributed by atoms with van der Waals surface area (Å²) in [4.78, 5) is 12.5. The lowest BCUT2D eigenvalue weighted by Crippen LogP contribution is -2.50. The molecule has 3 fully saturated rings. The summed E-state index contributed by atoms with van der Waals surface area (Å²) in [5.74, 6) is 3.70. The van der Waals surface area contributed by atoms with E-state index in [9.17, 15) is 4.79 Å². The summed E-state index contributed by atoms with van der Waals surface area (Å²) in [6.07, 6.45) is 24.2. The second kappa shape index (κ2) is 11.6. The smallest absolute Gasteiger partial charge is 0.207 e. The lowest BCUT2D eigenvalue weighted by atomic mass is 9.47. The van der Waals surface area contributed by atoms with Crippen molar-refractivity contribution in [2.24, 2.45) is 34.5 Å². The average molecular weight is 507 g/mol. The zero-order valence-corrected chi connectivity index (χ0v) is 24.1. The number of fused-ring (bicyclic) bond motifs is 5. The predicted octanol–water partition coefficient (Wildman–Crippen LogP) is 9.96. The molecule has 0 saturated heterocycles. The van der Waals surface area contributed by atoms with Gasteiger partial charge in [-0.3, -0.25) is 4.79 Å². The molecule has 0 aromatic heterocycles. The fraction of sp³-hybridized carbons (Fsp3) is 0.903. The molecule has 0 heterocycles. The molecule has 3 heteroatoms. The summed E-state index contributed by atoms with van der Waals surface area (Å²) < 4.78 is 0. The van der Waals surface area contributed by atoms with E-state index in [1.54, 1.807) is 17.3 Å². The number of alkyl halides is 1. The minimum Gasteiger partial charge on any atom is -0.286 e. The molecular formula is C31H51ClOS. The van der Waals surface area contributed by atoms with Gasteiger partial charge in [-0.15, -0.1) is 11.6 Å². The molecule has 1 nitrogen and oxygen atoms in total. The first kappa shape index (κ1) is 27.1. The zero-order chi connectivity index (χ0) is 24.3. The molecule has 0 spiro atoms. The maximum Gasteiger partial charge on any atom is 0.207 e. The summed E-state index contributed by atoms with van der Waals surface area (Å²) in [7, 11) is 0. The first-order chi connectivity index (χ1) is 16.3. The molecule has 4 aliphatic carbocycles. The van der Waals surface area contributed by atoms with E-state index in [4.69, 9.17) is 11.6 Å². The number of rotatable bonds is 10. The van der Waals surface area contributed by atoms with E-state index < -0.39 is 0 Å². The fourth-order valence-electron chi connectivity index (χ4n) is 8.89. The molecule has 0 aromatic rings. The largest absolute Gasteiger partial charge is 0.286 e. The van der Waals surface area contributed by atoms with Crippen LogP contribution in [0.1, 0.15) is 130 Å². The Bertz CT molecular complexity index is 733. The van der Waals surface area contributed by atoms with Crippen LogP contribution in [0.25, 0.3) is 0 Å². The van der Waals surface area contributed by atoms with Gasteiger partial charge < -0.3 is 0 Å². The maximum absolute atomic E-state index is 12.5.